The maximum absolute atomic E-state index is 12.0. The van der Waals surface area contributed by atoms with Gasteiger partial charge >= 0.3 is 0 Å². The van der Waals surface area contributed by atoms with E-state index in [1.807, 2.05) is 32.9 Å². The highest BCUT2D eigenvalue weighted by Gasteiger charge is 2.16. The summed E-state index contributed by atoms with van der Waals surface area (Å²) >= 11 is 0. The predicted molar refractivity (Wildman–Crippen MR) is 77.4 cm³/mol. The molecule has 1 aliphatic rings. The third-order valence-corrected chi connectivity index (χ3v) is 3.18. The Bertz CT molecular complexity index is 518. The normalized spacial score (nSPS) is 13.9. The molecule has 0 aliphatic carbocycles. The van der Waals surface area contributed by atoms with Gasteiger partial charge in [0.25, 0.3) is 0 Å². The number of amides is 1. The van der Waals surface area contributed by atoms with Crippen LogP contribution in [0.25, 0.3) is 0 Å². The molecule has 0 radical (unpaired) electrons. The van der Waals surface area contributed by atoms with E-state index >= 15 is 0 Å². The Morgan fingerprint density at radius 2 is 2.25 bits per heavy atom. The summed E-state index contributed by atoms with van der Waals surface area (Å²) in [4.78, 5) is 16.2. The van der Waals surface area contributed by atoms with Gasteiger partial charge in [-0.1, -0.05) is 6.07 Å². The van der Waals surface area contributed by atoms with Crippen LogP contribution >= 0.6 is 0 Å². The van der Waals surface area contributed by atoms with Crippen LogP contribution in [0.2, 0.25) is 0 Å². The molecule has 0 unspecified atom stereocenters. The monoisotopic (exact) mass is 275 g/mol. The van der Waals surface area contributed by atoms with Gasteiger partial charge in [0.1, 0.15) is 0 Å². The quantitative estimate of drug-likeness (QED) is 0.797. The van der Waals surface area contributed by atoms with Crippen LogP contribution in [0, 0.1) is 0 Å². The minimum Gasteiger partial charge on any atom is -0.475 e. The summed E-state index contributed by atoms with van der Waals surface area (Å²) in [5.41, 5.74) is 2.87. The molecule has 2 N–H and O–H groups in total. The van der Waals surface area contributed by atoms with Crippen molar-refractivity contribution in [1.29, 1.82) is 0 Å². The lowest BCUT2D eigenvalue weighted by Crippen LogP contribution is -2.37. The summed E-state index contributed by atoms with van der Waals surface area (Å²) in [6.45, 7) is 7.82. The number of carbonyl (C=O) groups excluding carboxylic acids is 1. The molecule has 1 aliphatic heterocycles. The largest absolute Gasteiger partial charge is 0.475 e. The van der Waals surface area contributed by atoms with Crippen LogP contribution in [0.3, 0.4) is 0 Å². The second-order valence-corrected chi connectivity index (χ2v) is 5.15. The van der Waals surface area contributed by atoms with Crippen molar-refractivity contribution in [3.63, 3.8) is 0 Å². The number of hydrogen-bond donors (Lipinski definition) is 2. The number of pyridine rings is 1. The van der Waals surface area contributed by atoms with Gasteiger partial charge in [-0.25, -0.2) is 4.98 Å². The fraction of sp³-hybridized carbons (Fsp3) is 0.467. The summed E-state index contributed by atoms with van der Waals surface area (Å²) in [7, 11) is 0. The SMILES string of the molecule is CC(C(=O)NCc1cccnc1OC(C)C)=C1CNC1. The Hall–Kier alpha value is -1.88. The Morgan fingerprint density at radius 1 is 1.50 bits per heavy atom. The van der Waals surface area contributed by atoms with E-state index in [9.17, 15) is 4.79 Å². The first kappa shape index (κ1) is 14.5. The van der Waals surface area contributed by atoms with Crippen LogP contribution in [0.1, 0.15) is 26.3 Å². The van der Waals surface area contributed by atoms with Crippen molar-refractivity contribution in [1.82, 2.24) is 15.6 Å². The Balaban J connectivity index is 1.98. The van der Waals surface area contributed by atoms with Gasteiger partial charge in [0, 0.05) is 37.0 Å². The molecule has 0 spiro atoms. The first-order valence-corrected chi connectivity index (χ1v) is 6.86. The Morgan fingerprint density at radius 3 is 2.85 bits per heavy atom. The van der Waals surface area contributed by atoms with E-state index in [2.05, 4.69) is 15.6 Å². The average Bonchev–Trinajstić information content (AvgIpc) is 2.34. The fourth-order valence-corrected chi connectivity index (χ4v) is 1.87. The average molecular weight is 275 g/mol. The van der Waals surface area contributed by atoms with Crippen molar-refractivity contribution in [2.75, 3.05) is 13.1 Å². The van der Waals surface area contributed by atoms with Crippen LogP contribution in [0.15, 0.2) is 29.5 Å². The summed E-state index contributed by atoms with van der Waals surface area (Å²) in [6.07, 6.45) is 1.75. The van der Waals surface area contributed by atoms with Crippen molar-refractivity contribution in [3.05, 3.63) is 35.0 Å². The van der Waals surface area contributed by atoms with E-state index in [1.165, 1.54) is 5.57 Å². The van der Waals surface area contributed by atoms with Gasteiger partial charge in [-0.2, -0.15) is 0 Å². The van der Waals surface area contributed by atoms with Crippen molar-refractivity contribution in [2.24, 2.45) is 0 Å². The number of aromatic nitrogens is 1. The highest BCUT2D eigenvalue weighted by molar-refractivity contribution is 5.93. The van der Waals surface area contributed by atoms with Crippen LogP contribution in [0.4, 0.5) is 0 Å². The van der Waals surface area contributed by atoms with Gasteiger partial charge in [0.05, 0.1) is 6.10 Å². The predicted octanol–water partition coefficient (Wildman–Crippen LogP) is 1.40. The smallest absolute Gasteiger partial charge is 0.247 e. The van der Waals surface area contributed by atoms with Gasteiger partial charge in [-0.3, -0.25) is 4.79 Å². The molecule has 5 nitrogen and oxygen atoms in total. The van der Waals surface area contributed by atoms with Crippen LogP contribution in [-0.4, -0.2) is 30.1 Å². The minimum atomic E-state index is -0.0270. The molecule has 0 aromatic carbocycles. The van der Waals surface area contributed by atoms with E-state index in [-0.39, 0.29) is 12.0 Å². The fourth-order valence-electron chi connectivity index (χ4n) is 1.87. The molecule has 108 valence electrons. The zero-order valence-corrected chi connectivity index (χ0v) is 12.2. The molecular formula is C15H21N3O2. The lowest BCUT2D eigenvalue weighted by atomic mass is 10.0. The van der Waals surface area contributed by atoms with Gasteiger partial charge in [-0.05, 0) is 32.4 Å². The summed E-state index contributed by atoms with van der Waals surface area (Å²) in [5, 5.41) is 6.05. The first-order valence-electron chi connectivity index (χ1n) is 6.86. The van der Waals surface area contributed by atoms with E-state index in [0.29, 0.717) is 12.4 Å². The number of carbonyl (C=O) groups is 1. The Labute approximate surface area is 119 Å². The maximum atomic E-state index is 12.0. The van der Waals surface area contributed by atoms with E-state index in [4.69, 9.17) is 4.74 Å². The van der Waals surface area contributed by atoms with Crippen molar-refractivity contribution >= 4 is 5.91 Å². The van der Waals surface area contributed by atoms with Crippen LogP contribution in [0.5, 0.6) is 5.88 Å². The van der Waals surface area contributed by atoms with Crippen molar-refractivity contribution in [2.45, 2.75) is 33.4 Å². The van der Waals surface area contributed by atoms with Gasteiger partial charge in [0.2, 0.25) is 11.8 Å². The second kappa shape index (κ2) is 6.52. The topological polar surface area (TPSA) is 63.2 Å². The molecule has 5 heteroatoms. The molecule has 0 bridgehead atoms. The lowest BCUT2D eigenvalue weighted by Gasteiger charge is -2.21. The number of rotatable bonds is 5. The number of nitrogens with zero attached hydrogens (tertiary/aromatic N) is 1. The zero-order valence-electron chi connectivity index (χ0n) is 12.2. The number of nitrogens with one attached hydrogen (secondary N) is 2. The summed E-state index contributed by atoms with van der Waals surface area (Å²) in [5.74, 6) is 0.555. The van der Waals surface area contributed by atoms with Crippen molar-refractivity contribution < 1.29 is 9.53 Å². The van der Waals surface area contributed by atoms with Gasteiger partial charge < -0.3 is 15.4 Å². The molecule has 1 fully saturated rings. The molecule has 2 rings (SSSR count). The van der Waals surface area contributed by atoms with Crippen LogP contribution in [-0.2, 0) is 11.3 Å². The summed E-state index contributed by atoms with van der Waals surface area (Å²) < 4.78 is 5.63. The second-order valence-electron chi connectivity index (χ2n) is 5.15. The number of ether oxygens (including phenoxy) is 1. The van der Waals surface area contributed by atoms with Crippen LogP contribution < -0.4 is 15.4 Å². The Kier molecular flexibility index (Phi) is 4.74. The molecule has 0 atom stereocenters. The lowest BCUT2D eigenvalue weighted by molar-refractivity contribution is -0.117. The van der Waals surface area contributed by atoms with Crippen molar-refractivity contribution in [3.8, 4) is 5.88 Å². The van der Waals surface area contributed by atoms with E-state index in [1.54, 1.807) is 6.20 Å². The highest BCUT2D eigenvalue weighted by Crippen LogP contribution is 2.16. The molecule has 1 amide bonds. The maximum Gasteiger partial charge on any atom is 0.247 e. The minimum absolute atomic E-state index is 0.0270. The zero-order chi connectivity index (χ0) is 14.5. The summed E-state index contributed by atoms with van der Waals surface area (Å²) in [6, 6.07) is 3.76. The molecule has 1 saturated heterocycles. The molecule has 0 saturated carbocycles. The molecule has 1 aromatic heterocycles. The highest BCUT2D eigenvalue weighted by atomic mass is 16.5. The molecule has 1 aromatic rings. The molecule has 20 heavy (non-hydrogen) atoms. The third kappa shape index (κ3) is 3.57. The molecular weight excluding hydrogens is 254 g/mol. The van der Waals surface area contributed by atoms with E-state index in [0.717, 1.165) is 24.2 Å². The molecule has 2 heterocycles. The standard InChI is InChI=1S/C15H21N3O2/c1-10(2)20-15-12(5-4-6-17-15)9-18-14(19)11(3)13-7-16-8-13/h4-6,10,16H,7-9H2,1-3H3,(H,18,19). The first-order chi connectivity index (χ1) is 9.58. The third-order valence-electron chi connectivity index (χ3n) is 3.18. The van der Waals surface area contributed by atoms with Gasteiger partial charge in [0.15, 0.2) is 0 Å². The van der Waals surface area contributed by atoms with E-state index < -0.39 is 0 Å². The number of hydrogen-bond acceptors (Lipinski definition) is 4. The van der Waals surface area contributed by atoms with Gasteiger partial charge in [-0.15, -0.1) is 0 Å².